The van der Waals surface area contributed by atoms with E-state index in [-0.39, 0.29) is 0 Å². The number of pyridine rings is 1. The van der Waals surface area contributed by atoms with Gasteiger partial charge in [-0.15, -0.1) is 0 Å². The van der Waals surface area contributed by atoms with Gasteiger partial charge in [0.25, 0.3) is 0 Å². The largest absolute Gasteiger partial charge is 0.460 e. The molecule has 7 heteroatoms. The zero-order valence-corrected chi connectivity index (χ0v) is 21.2. The Labute approximate surface area is 215 Å². The Morgan fingerprint density at radius 3 is 1.61 bits per heavy atom. The standard InChI is InChI=1S/C29H15NO4.2Al/c1-3-9-22(10-4-1)31-24-13-7-15-26(19-24)33-28-17-18-29(30-21-28)34-27-16-8-14-25(20-27)32-23-11-5-2-6-12-23;;/h1-9,11,13-17H;;. The lowest BCUT2D eigenvalue weighted by Gasteiger charge is -2.34. The van der Waals surface area contributed by atoms with Crippen LogP contribution in [0.3, 0.4) is 0 Å². The molecule has 166 valence electrons. The highest BCUT2D eigenvalue weighted by atomic mass is 27.2. The fraction of sp³-hybridized carbons (Fsp3) is 0. The number of para-hydroxylation sites is 2. The van der Waals surface area contributed by atoms with Crippen LogP contribution in [0.5, 0.6) is 46.1 Å². The lowest BCUT2D eigenvalue weighted by atomic mass is 10.2. The number of aromatic nitrogens is 1. The van der Waals surface area contributed by atoms with Crippen LogP contribution in [0.4, 0.5) is 0 Å². The molecule has 4 aliphatic rings. The van der Waals surface area contributed by atoms with Crippen molar-refractivity contribution >= 4 is 55.0 Å². The zero-order valence-electron chi connectivity index (χ0n) is 18.9. The van der Waals surface area contributed by atoms with Crippen LogP contribution in [0.15, 0.2) is 91.0 Å². The molecule has 0 saturated carbocycles. The summed E-state index contributed by atoms with van der Waals surface area (Å²) in [5, 5.41) is 0. The minimum Gasteiger partial charge on any atom is -0.460 e. The summed E-state index contributed by atoms with van der Waals surface area (Å²) in [4.78, 5) is 5.26. The maximum atomic E-state index is 6.55. The van der Waals surface area contributed by atoms with Gasteiger partial charge in [0, 0.05) is 4.56 Å². The second-order valence-electron chi connectivity index (χ2n) is 9.45. The van der Waals surface area contributed by atoms with Gasteiger partial charge in [-0.1, -0.05) is 57.4 Å². The highest BCUT2D eigenvalue weighted by Crippen LogP contribution is 2.37. The SMILES string of the molecule is c1cc[c]2c(c1)Oc1cccc3[c]1[Al]2[c]1cc2[c](nc1O3)[Al]1[c]3ccccc3Oc3cccc([c]31)O2. The fourth-order valence-electron chi connectivity index (χ4n) is 6.06. The molecule has 0 aliphatic carbocycles. The molecule has 0 radical (unpaired) electrons. The van der Waals surface area contributed by atoms with Gasteiger partial charge in [0.2, 0.25) is 5.88 Å². The molecule has 5 aromatic rings. The number of nitrogens with zero attached hydrogens (tertiary/aromatic N) is 1. The van der Waals surface area contributed by atoms with E-state index in [0.29, 0.717) is 5.88 Å². The summed E-state index contributed by atoms with van der Waals surface area (Å²) >= 11 is -3.81. The van der Waals surface area contributed by atoms with Gasteiger partial charge in [0.05, 0.1) is 0 Å². The second-order valence-corrected chi connectivity index (χ2v) is 14.8. The average molecular weight is 495 g/mol. The Bertz CT molecular complexity index is 1660. The smallest absolute Gasteiger partial charge is 0.435 e. The van der Waals surface area contributed by atoms with Crippen LogP contribution in [0.25, 0.3) is 0 Å². The van der Waals surface area contributed by atoms with E-state index < -0.39 is 28.3 Å². The lowest BCUT2D eigenvalue weighted by molar-refractivity contribution is 0.446. The second kappa shape index (κ2) is 6.95. The predicted molar refractivity (Wildman–Crippen MR) is 140 cm³/mol. The highest BCUT2D eigenvalue weighted by molar-refractivity contribution is 6.99. The van der Waals surface area contributed by atoms with Gasteiger partial charge in [-0.25, -0.2) is 4.98 Å². The zero-order chi connectivity index (χ0) is 23.4. The van der Waals surface area contributed by atoms with Crippen molar-refractivity contribution in [1.29, 1.82) is 0 Å². The van der Waals surface area contributed by atoms with Crippen molar-refractivity contribution in [1.82, 2.24) is 4.98 Å². The van der Waals surface area contributed by atoms with Crippen molar-refractivity contribution in [2.75, 3.05) is 0 Å². The number of hydrogen-bond acceptors (Lipinski definition) is 5. The Balaban J connectivity index is 1.31. The molecule has 4 aliphatic heterocycles. The highest BCUT2D eigenvalue weighted by Gasteiger charge is 2.47. The molecule has 0 atom stereocenters. The molecule has 36 heavy (non-hydrogen) atoms. The Morgan fingerprint density at radius 2 is 0.944 bits per heavy atom. The van der Waals surface area contributed by atoms with E-state index in [2.05, 4.69) is 36.4 Å². The summed E-state index contributed by atoms with van der Waals surface area (Å²) in [7, 11) is 0. The van der Waals surface area contributed by atoms with Gasteiger partial charge in [-0.2, -0.15) is 0 Å². The van der Waals surface area contributed by atoms with Gasteiger partial charge < -0.3 is 18.9 Å². The monoisotopic (exact) mass is 495 g/mol. The molecule has 5 heterocycles. The van der Waals surface area contributed by atoms with E-state index in [1.165, 1.54) is 13.3 Å². The number of benzene rings is 4. The van der Waals surface area contributed by atoms with E-state index in [0.717, 1.165) is 53.7 Å². The molecule has 0 fully saturated rings. The summed E-state index contributed by atoms with van der Waals surface area (Å²) in [6.45, 7) is 0. The first-order valence-electron chi connectivity index (χ1n) is 12.0. The Morgan fingerprint density at radius 1 is 0.444 bits per heavy atom. The number of ether oxygens (including phenoxy) is 4. The molecular formula is C29H15Al2NO4. The maximum absolute atomic E-state index is 6.55. The van der Waals surface area contributed by atoms with Crippen molar-refractivity contribution in [2.45, 2.75) is 0 Å². The van der Waals surface area contributed by atoms with Crippen molar-refractivity contribution < 1.29 is 18.9 Å². The fourth-order valence-corrected chi connectivity index (χ4v) is 12.5. The molecule has 0 N–H and O–H groups in total. The van der Waals surface area contributed by atoms with Crippen molar-refractivity contribution in [2.24, 2.45) is 0 Å². The minimum absolute atomic E-state index is 0.702. The van der Waals surface area contributed by atoms with E-state index >= 15 is 0 Å². The first-order valence-corrected chi connectivity index (χ1v) is 15.5. The normalized spacial score (nSPS) is 14.3. The van der Waals surface area contributed by atoms with E-state index in [9.17, 15) is 0 Å². The first kappa shape index (κ1) is 19.5. The molecule has 0 bridgehead atoms. The summed E-state index contributed by atoms with van der Waals surface area (Å²) < 4.78 is 32.6. The number of fused-ring (bicyclic) bond motifs is 8. The van der Waals surface area contributed by atoms with Gasteiger partial charge in [0.15, 0.2) is 0 Å². The molecule has 0 saturated heterocycles. The number of hydrogen-bond donors (Lipinski definition) is 0. The average Bonchev–Trinajstić information content (AvgIpc) is 2.92. The van der Waals surface area contributed by atoms with Crippen LogP contribution >= 0.6 is 0 Å². The molecule has 4 aromatic carbocycles. The minimum atomic E-state index is -1.93. The maximum Gasteiger partial charge on any atom is 0.435 e. The van der Waals surface area contributed by atoms with Gasteiger partial charge in [-0.3, -0.25) is 0 Å². The van der Waals surface area contributed by atoms with Gasteiger partial charge >= 0.3 is 28.3 Å². The van der Waals surface area contributed by atoms with Crippen LogP contribution in [0.1, 0.15) is 0 Å². The van der Waals surface area contributed by atoms with E-state index in [1.54, 1.807) is 0 Å². The summed E-state index contributed by atoms with van der Waals surface area (Å²) in [6, 6.07) is 31.0. The first-order chi connectivity index (χ1) is 17.8. The summed E-state index contributed by atoms with van der Waals surface area (Å²) in [6.07, 6.45) is 0. The Kier molecular flexibility index (Phi) is 3.76. The molecule has 0 unspecified atom stereocenters. The van der Waals surface area contributed by atoms with Crippen LogP contribution < -0.4 is 45.6 Å². The predicted octanol–water partition coefficient (Wildman–Crippen LogP) is 2.54. The molecule has 9 rings (SSSR count). The van der Waals surface area contributed by atoms with Crippen LogP contribution in [-0.4, -0.2) is 33.3 Å². The lowest BCUT2D eigenvalue weighted by Crippen LogP contribution is -2.61. The summed E-state index contributed by atoms with van der Waals surface area (Å²) in [5.74, 6) is 6.86. The topological polar surface area (TPSA) is 49.8 Å². The molecule has 1 aromatic heterocycles. The summed E-state index contributed by atoms with van der Waals surface area (Å²) in [5.41, 5.74) is 0. The third-order valence-electron chi connectivity index (χ3n) is 7.55. The Hall–Kier alpha value is -3.71. The van der Waals surface area contributed by atoms with E-state index in [4.69, 9.17) is 23.9 Å². The van der Waals surface area contributed by atoms with E-state index in [1.807, 2.05) is 54.6 Å². The van der Waals surface area contributed by atoms with Crippen LogP contribution in [0, 0.1) is 0 Å². The van der Waals surface area contributed by atoms with Crippen molar-refractivity contribution in [3.05, 3.63) is 91.0 Å². The molecule has 0 amide bonds. The van der Waals surface area contributed by atoms with Crippen LogP contribution in [-0.2, 0) is 0 Å². The van der Waals surface area contributed by atoms with Crippen molar-refractivity contribution in [3.63, 3.8) is 0 Å². The molecule has 0 spiro atoms. The third kappa shape index (κ3) is 2.48. The molecular weight excluding hydrogens is 480 g/mol. The van der Waals surface area contributed by atoms with Crippen molar-refractivity contribution in [3.8, 4) is 46.1 Å². The van der Waals surface area contributed by atoms with Gasteiger partial charge in [0.1, 0.15) is 40.2 Å². The quantitative estimate of drug-likeness (QED) is 0.303. The molecule has 5 nitrogen and oxygen atoms in total. The van der Waals surface area contributed by atoms with Crippen LogP contribution in [0.2, 0.25) is 0 Å². The third-order valence-corrected chi connectivity index (χ3v) is 14.0. The number of rotatable bonds is 0. The van der Waals surface area contributed by atoms with Gasteiger partial charge in [-0.05, 0) is 55.7 Å².